The van der Waals surface area contributed by atoms with E-state index in [-0.39, 0.29) is 38.0 Å². The zero-order chi connectivity index (χ0) is 50.8. The molecule has 12 heteroatoms. The Bertz CT molecular complexity index is 1020. The molecule has 1 atom stereocenters. The third-order valence-electron chi connectivity index (χ3n) is 12.8. The molecule has 0 aliphatic carbocycles. The molecule has 0 fully saturated rings. The van der Waals surface area contributed by atoms with Gasteiger partial charge in [-0.05, 0) is 89.9 Å². The highest BCUT2D eigenvalue weighted by molar-refractivity contribution is 4.82. The summed E-state index contributed by atoms with van der Waals surface area (Å²) >= 11 is 0. The Labute approximate surface area is 445 Å². The van der Waals surface area contributed by atoms with E-state index in [0.717, 1.165) is 69.3 Å². The van der Waals surface area contributed by atoms with Crippen molar-refractivity contribution >= 4 is 0 Å². The first-order valence-electron chi connectivity index (χ1n) is 29.6. The van der Waals surface area contributed by atoms with Crippen molar-refractivity contribution in [3.63, 3.8) is 0 Å². The monoisotopic (exact) mass is 1040 g/mol. The van der Waals surface area contributed by atoms with Crippen molar-refractivity contribution in [2.24, 2.45) is 0 Å². The third-order valence-corrected chi connectivity index (χ3v) is 12.8. The molecule has 1 unspecified atom stereocenters. The predicted molar refractivity (Wildman–Crippen MR) is 293 cm³/mol. The molecule has 2 N–H and O–H groups in total. The molecular formula is C59H118ClNO10. The summed E-state index contributed by atoms with van der Waals surface area (Å²) < 4.78 is 47.8. The van der Waals surface area contributed by atoms with Crippen LogP contribution in [0.4, 0.5) is 0 Å². The number of aliphatic hydroxyl groups is 2. The zero-order valence-electron chi connectivity index (χ0n) is 47.1. The van der Waals surface area contributed by atoms with Crippen molar-refractivity contribution in [3.8, 4) is 0 Å². The molecule has 0 saturated carbocycles. The van der Waals surface area contributed by atoms with Gasteiger partial charge in [-0.1, -0.05) is 154 Å². The van der Waals surface area contributed by atoms with Gasteiger partial charge in [-0.2, -0.15) is 0 Å². The van der Waals surface area contributed by atoms with E-state index in [1.807, 2.05) is 0 Å². The Balaban J connectivity index is 0. The molecule has 0 saturated heterocycles. The quantitative estimate of drug-likeness (QED) is 0.0264. The number of hydrogen-bond donors (Lipinski definition) is 2. The first-order chi connectivity index (χ1) is 34.5. The largest absolute Gasteiger partial charge is 1.00 e. The van der Waals surface area contributed by atoms with Gasteiger partial charge in [0.2, 0.25) is 0 Å². The number of aliphatic hydroxyl groups excluding tert-OH is 2. The Morgan fingerprint density at radius 3 is 1.17 bits per heavy atom. The van der Waals surface area contributed by atoms with Crippen molar-refractivity contribution in [2.45, 2.75) is 232 Å². The number of likely N-dealkylation sites (N-methyl/N-ethyl adjacent to an activating group) is 1. The lowest BCUT2D eigenvalue weighted by molar-refractivity contribution is -0.893. The Kier molecular flexibility index (Phi) is 63.1. The van der Waals surface area contributed by atoms with Gasteiger partial charge in [0, 0.05) is 13.2 Å². The van der Waals surface area contributed by atoms with Gasteiger partial charge in [0.25, 0.3) is 0 Å². The van der Waals surface area contributed by atoms with E-state index in [9.17, 15) is 0 Å². The predicted octanol–water partition coefficient (Wildman–Crippen LogP) is 10.5. The fraction of sp³-hybridized carbons (Fsp3) is 0.932. The molecule has 11 nitrogen and oxygen atoms in total. The first-order valence-corrected chi connectivity index (χ1v) is 29.6. The summed E-state index contributed by atoms with van der Waals surface area (Å²) in [7, 11) is 4.68. The van der Waals surface area contributed by atoms with Crippen LogP contribution in [0.15, 0.2) is 24.3 Å². The van der Waals surface area contributed by atoms with E-state index < -0.39 is 0 Å². The Morgan fingerprint density at radius 2 is 0.732 bits per heavy atom. The lowest BCUT2D eigenvalue weighted by Crippen LogP contribution is -3.00. The highest BCUT2D eigenvalue weighted by atomic mass is 35.5. The molecule has 0 rings (SSSR count). The normalized spacial score (nSPS) is 12.6. The minimum absolute atomic E-state index is 0. The van der Waals surface area contributed by atoms with Crippen LogP contribution < -0.4 is 12.4 Å². The smallest absolute Gasteiger partial charge is 0.157 e. The molecule has 426 valence electrons. The summed E-state index contributed by atoms with van der Waals surface area (Å²) in [6.45, 7) is 13.2. The lowest BCUT2D eigenvalue weighted by Gasteiger charge is -2.33. The fourth-order valence-electron chi connectivity index (χ4n) is 8.55. The van der Waals surface area contributed by atoms with Crippen LogP contribution in [0, 0.1) is 0 Å². The molecule has 0 aromatic carbocycles. The maximum atomic E-state index is 8.87. The maximum absolute atomic E-state index is 8.87. The SMILES string of the molecule is CCCCCCCCC=CCCCCCCCCOCC(C[N+](C)(C)CCCCCC(OCCOCCOCCO)OCCOCCOCCO)OCCCCCCCCC=CCCCCCCCC.[Cl-]. The van der Waals surface area contributed by atoms with Gasteiger partial charge in [0.1, 0.15) is 12.6 Å². The van der Waals surface area contributed by atoms with Crippen LogP contribution in [0.2, 0.25) is 0 Å². The number of unbranched alkanes of at least 4 members (excludes halogenated alkanes) is 26. The van der Waals surface area contributed by atoms with E-state index in [1.165, 1.54) is 167 Å². The third kappa shape index (κ3) is 60.1. The fourth-order valence-corrected chi connectivity index (χ4v) is 8.55. The summed E-state index contributed by atoms with van der Waals surface area (Å²) in [6.07, 6.45) is 50.3. The van der Waals surface area contributed by atoms with Gasteiger partial charge in [-0.25, -0.2) is 0 Å². The molecule has 0 amide bonds. The number of quaternary nitrogens is 1. The van der Waals surface area contributed by atoms with E-state index >= 15 is 0 Å². The van der Waals surface area contributed by atoms with E-state index in [2.05, 4.69) is 52.2 Å². The Hall–Kier alpha value is -0.670. The number of allylic oxidation sites excluding steroid dienone is 4. The van der Waals surface area contributed by atoms with Crippen LogP contribution in [-0.2, 0) is 37.9 Å². The molecule has 0 radical (unpaired) electrons. The summed E-state index contributed by atoms with van der Waals surface area (Å²) in [5.74, 6) is 0. The van der Waals surface area contributed by atoms with Crippen molar-refractivity contribution in [2.75, 3.05) is 126 Å². The van der Waals surface area contributed by atoms with Gasteiger partial charge in [-0.15, -0.1) is 0 Å². The highest BCUT2D eigenvalue weighted by Crippen LogP contribution is 2.15. The molecule has 0 aliphatic heterocycles. The molecule has 0 aromatic heterocycles. The van der Waals surface area contributed by atoms with Crippen molar-refractivity contribution in [1.82, 2.24) is 0 Å². The molecular weight excluding hydrogens is 918 g/mol. The molecule has 0 aliphatic rings. The van der Waals surface area contributed by atoms with Crippen LogP contribution in [-0.4, -0.2) is 153 Å². The van der Waals surface area contributed by atoms with Gasteiger partial charge >= 0.3 is 0 Å². The summed E-state index contributed by atoms with van der Waals surface area (Å²) in [5.41, 5.74) is 0. The van der Waals surface area contributed by atoms with E-state index in [0.29, 0.717) is 72.7 Å². The van der Waals surface area contributed by atoms with Gasteiger partial charge in [-0.3, -0.25) is 0 Å². The number of halogens is 1. The zero-order valence-corrected chi connectivity index (χ0v) is 47.9. The van der Waals surface area contributed by atoms with Gasteiger partial charge in [0.05, 0.1) is 107 Å². The van der Waals surface area contributed by atoms with Crippen molar-refractivity contribution in [3.05, 3.63) is 24.3 Å². The average molecular weight is 1040 g/mol. The minimum Gasteiger partial charge on any atom is -1.00 e. The van der Waals surface area contributed by atoms with Crippen LogP contribution in [0.25, 0.3) is 0 Å². The van der Waals surface area contributed by atoms with Gasteiger partial charge in [0.15, 0.2) is 6.29 Å². The standard InChI is InChI=1S/C59H118NO10.ClH/c1-5-7-9-11-13-15-17-19-21-23-25-27-29-31-33-38-44-67-57-58(68-45-39-34-32-30-28-26-24-22-20-18-16-14-12-10-8-6-2)56-60(3,4)41-37-35-36-40-59(69-54-52-65-50-48-63-46-42-61)70-55-53-66-51-49-64-47-43-62;/h19-22,58-59,61-62H,5-18,23-57H2,1-4H3;1H/q+1;/p-1. The number of ether oxygens (including phenoxy) is 8. The van der Waals surface area contributed by atoms with Crippen molar-refractivity contribution < 1.29 is 65.0 Å². The highest BCUT2D eigenvalue weighted by Gasteiger charge is 2.23. The second-order valence-electron chi connectivity index (χ2n) is 20.2. The second kappa shape index (κ2) is 61.9. The summed E-state index contributed by atoms with van der Waals surface area (Å²) in [6, 6.07) is 0. The number of hydrogen-bond acceptors (Lipinski definition) is 10. The summed E-state index contributed by atoms with van der Waals surface area (Å²) in [5, 5.41) is 17.7. The summed E-state index contributed by atoms with van der Waals surface area (Å²) in [4.78, 5) is 0. The molecule has 71 heavy (non-hydrogen) atoms. The lowest BCUT2D eigenvalue weighted by atomic mass is 10.1. The Morgan fingerprint density at radius 1 is 0.366 bits per heavy atom. The number of nitrogens with zero attached hydrogens (tertiary/aromatic N) is 1. The van der Waals surface area contributed by atoms with Crippen LogP contribution in [0.3, 0.4) is 0 Å². The van der Waals surface area contributed by atoms with Gasteiger partial charge < -0.3 is 65.0 Å². The topological polar surface area (TPSA) is 114 Å². The van der Waals surface area contributed by atoms with E-state index in [1.54, 1.807) is 0 Å². The average Bonchev–Trinajstić information content (AvgIpc) is 3.35. The van der Waals surface area contributed by atoms with Crippen molar-refractivity contribution in [1.29, 1.82) is 0 Å². The number of rotatable bonds is 61. The molecule has 0 spiro atoms. The second-order valence-corrected chi connectivity index (χ2v) is 20.2. The molecule has 0 heterocycles. The van der Waals surface area contributed by atoms with Crippen LogP contribution >= 0.6 is 0 Å². The molecule has 0 bridgehead atoms. The molecule has 0 aromatic rings. The first kappa shape index (κ1) is 72.4. The van der Waals surface area contributed by atoms with Crippen LogP contribution in [0.5, 0.6) is 0 Å². The van der Waals surface area contributed by atoms with Crippen LogP contribution in [0.1, 0.15) is 219 Å². The maximum Gasteiger partial charge on any atom is 0.157 e. The minimum atomic E-state index is -0.325. The van der Waals surface area contributed by atoms with E-state index in [4.69, 9.17) is 48.1 Å².